The highest BCUT2D eigenvalue weighted by molar-refractivity contribution is 5.78. The minimum atomic E-state index is 0.111. The normalized spacial score (nSPS) is 26.2. The standard InChI is InChI=1S/C12H23NO/c1-9(2)11(14)13-10-6-5-7-12(3,4)8-10/h9-10H,5-8H2,1-4H3,(H,13,14). The lowest BCUT2D eigenvalue weighted by molar-refractivity contribution is -0.125. The molecule has 2 heteroatoms. The van der Waals surface area contributed by atoms with Crippen molar-refractivity contribution in [2.75, 3.05) is 0 Å². The van der Waals surface area contributed by atoms with Crippen molar-refractivity contribution in [3.63, 3.8) is 0 Å². The zero-order valence-electron chi connectivity index (χ0n) is 9.89. The Morgan fingerprint density at radius 3 is 2.57 bits per heavy atom. The van der Waals surface area contributed by atoms with Gasteiger partial charge in [-0.25, -0.2) is 0 Å². The molecule has 1 aliphatic carbocycles. The third-order valence-electron chi connectivity index (χ3n) is 3.08. The van der Waals surface area contributed by atoms with Gasteiger partial charge in [0, 0.05) is 12.0 Å². The predicted octanol–water partition coefficient (Wildman–Crippen LogP) is 2.73. The number of nitrogens with one attached hydrogen (secondary N) is 1. The monoisotopic (exact) mass is 197 g/mol. The van der Waals surface area contributed by atoms with Gasteiger partial charge >= 0.3 is 0 Å². The highest BCUT2D eigenvalue weighted by atomic mass is 16.1. The number of carbonyl (C=O) groups is 1. The predicted molar refractivity (Wildman–Crippen MR) is 59.0 cm³/mol. The number of hydrogen-bond acceptors (Lipinski definition) is 1. The molecular weight excluding hydrogens is 174 g/mol. The van der Waals surface area contributed by atoms with Crippen LogP contribution in [0.25, 0.3) is 0 Å². The van der Waals surface area contributed by atoms with Crippen molar-refractivity contribution in [3.05, 3.63) is 0 Å². The largest absolute Gasteiger partial charge is 0.353 e. The van der Waals surface area contributed by atoms with Crippen molar-refractivity contribution in [2.24, 2.45) is 11.3 Å². The van der Waals surface area contributed by atoms with Crippen molar-refractivity contribution >= 4 is 5.91 Å². The fourth-order valence-electron chi connectivity index (χ4n) is 2.19. The van der Waals surface area contributed by atoms with Crippen molar-refractivity contribution in [3.8, 4) is 0 Å². The summed E-state index contributed by atoms with van der Waals surface area (Å²) in [5.74, 6) is 0.313. The molecule has 0 radical (unpaired) electrons. The molecule has 1 rings (SSSR count). The van der Waals surface area contributed by atoms with E-state index in [-0.39, 0.29) is 11.8 Å². The Kier molecular flexibility index (Phi) is 3.57. The van der Waals surface area contributed by atoms with Gasteiger partial charge in [-0.1, -0.05) is 34.1 Å². The van der Waals surface area contributed by atoms with Crippen LogP contribution in [-0.4, -0.2) is 11.9 Å². The molecule has 0 aromatic heterocycles. The molecule has 0 bridgehead atoms. The van der Waals surface area contributed by atoms with E-state index in [2.05, 4.69) is 19.2 Å². The maximum atomic E-state index is 11.5. The second-order valence-corrected chi connectivity index (χ2v) is 5.62. The van der Waals surface area contributed by atoms with E-state index in [1.807, 2.05) is 13.8 Å². The zero-order valence-corrected chi connectivity index (χ0v) is 9.89. The van der Waals surface area contributed by atoms with Crippen LogP contribution in [0, 0.1) is 11.3 Å². The number of amides is 1. The number of hydrogen-bond donors (Lipinski definition) is 1. The lowest BCUT2D eigenvalue weighted by Gasteiger charge is -2.35. The molecule has 0 aromatic carbocycles. The average Bonchev–Trinajstić information content (AvgIpc) is 2.01. The molecule has 0 heterocycles. The first kappa shape index (κ1) is 11.5. The van der Waals surface area contributed by atoms with E-state index >= 15 is 0 Å². The summed E-state index contributed by atoms with van der Waals surface area (Å²) in [7, 11) is 0. The van der Waals surface area contributed by atoms with E-state index in [9.17, 15) is 4.79 Å². The molecule has 14 heavy (non-hydrogen) atoms. The summed E-state index contributed by atoms with van der Waals surface area (Å²) >= 11 is 0. The van der Waals surface area contributed by atoms with Gasteiger partial charge in [-0.15, -0.1) is 0 Å². The first-order valence-corrected chi connectivity index (χ1v) is 5.71. The Morgan fingerprint density at radius 1 is 1.43 bits per heavy atom. The van der Waals surface area contributed by atoms with Crippen LogP contribution in [0.1, 0.15) is 53.4 Å². The maximum Gasteiger partial charge on any atom is 0.222 e. The van der Waals surface area contributed by atoms with Gasteiger partial charge in [-0.05, 0) is 24.7 Å². The van der Waals surface area contributed by atoms with E-state index in [1.54, 1.807) is 0 Å². The van der Waals surface area contributed by atoms with Crippen LogP contribution in [0.2, 0.25) is 0 Å². The third-order valence-corrected chi connectivity index (χ3v) is 3.08. The second kappa shape index (κ2) is 4.33. The molecule has 0 aromatic rings. The van der Waals surface area contributed by atoms with Crippen LogP contribution in [0.5, 0.6) is 0 Å². The van der Waals surface area contributed by atoms with Gasteiger partial charge in [-0.3, -0.25) is 4.79 Å². The number of carbonyl (C=O) groups excluding carboxylic acids is 1. The summed E-state index contributed by atoms with van der Waals surface area (Å²) in [5, 5.41) is 3.13. The fourth-order valence-corrected chi connectivity index (χ4v) is 2.19. The molecule has 0 aliphatic heterocycles. The summed E-state index contributed by atoms with van der Waals surface area (Å²) < 4.78 is 0. The van der Waals surface area contributed by atoms with Gasteiger partial charge in [0.05, 0.1) is 0 Å². The smallest absolute Gasteiger partial charge is 0.222 e. The second-order valence-electron chi connectivity index (χ2n) is 5.62. The number of rotatable bonds is 2. The first-order valence-electron chi connectivity index (χ1n) is 5.71. The van der Waals surface area contributed by atoms with Crippen LogP contribution in [0.4, 0.5) is 0 Å². The molecule has 1 amide bonds. The van der Waals surface area contributed by atoms with E-state index in [4.69, 9.17) is 0 Å². The molecule has 1 fully saturated rings. The van der Waals surface area contributed by atoms with Crippen LogP contribution in [-0.2, 0) is 4.79 Å². The lowest BCUT2D eigenvalue weighted by Crippen LogP contribution is -2.42. The Hall–Kier alpha value is -0.530. The van der Waals surface area contributed by atoms with E-state index in [0.29, 0.717) is 11.5 Å². The van der Waals surface area contributed by atoms with Crippen molar-refractivity contribution in [1.82, 2.24) is 5.32 Å². The molecule has 0 spiro atoms. The van der Waals surface area contributed by atoms with E-state index < -0.39 is 0 Å². The molecule has 1 saturated carbocycles. The summed E-state index contributed by atoms with van der Waals surface area (Å²) in [6.45, 7) is 8.48. The van der Waals surface area contributed by atoms with Crippen LogP contribution in [0.15, 0.2) is 0 Å². The van der Waals surface area contributed by atoms with Crippen LogP contribution < -0.4 is 5.32 Å². The summed E-state index contributed by atoms with van der Waals surface area (Å²) in [4.78, 5) is 11.5. The Labute approximate surface area is 87.5 Å². The molecule has 1 N–H and O–H groups in total. The Bertz CT molecular complexity index is 208. The Morgan fingerprint density at radius 2 is 2.07 bits per heavy atom. The van der Waals surface area contributed by atoms with Gasteiger partial charge in [0.1, 0.15) is 0 Å². The molecular formula is C12H23NO. The van der Waals surface area contributed by atoms with Gasteiger partial charge in [0.15, 0.2) is 0 Å². The summed E-state index contributed by atoms with van der Waals surface area (Å²) in [5.41, 5.74) is 0.410. The van der Waals surface area contributed by atoms with Crippen molar-refractivity contribution in [2.45, 2.75) is 59.4 Å². The quantitative estimate of drug-likeness (QED) is 0.724. The lowest BCUT2D eigenvalue weighted by atomic mass is 9.75. The summed E-state index contributed by atoms with van der Waals surface area (Å²) in [6, 6.07) is 0.411. The highest BCUT2D eigenvalue weighted by Crippen LogP contribution is 2.35. The van der Waals surface area contributed by atoms with Crippen LogP contribution in [0.3, 0.4) is 0 Å². The average molecular weight is 197 g/mol. The van der Waals surface area contributed by atoms with Crippen molar-refractivity contribution < 1.29 is 4.79 Å². The van der Waals surface area contributed by atoms with Crippen molar-refractivity contribution in [1.29, 1.82) is 0 Å². The minimum Gasteiger partial charge on any atom is -0.353 e. The molecule has 2 nitrogen and oxygen atoms in total. The van der Waals surface area contributed by atoms with E-state index in [1.165, 1.54) is 12.8 Å². The van der Waals surface area contributed by atoms with Gasteiger partial charge in [0.2, 0.25) is 5.91 Å². The third kappa shape index (κ3) is 3.32. The molecule has 82 valence electrons. The van der Waals surface area contributed by atoms with Gasteiger partial charge in [-0.2, -0.15) is 0 Å². The van der Waals surface area contributed by atoms with Gasteiger partial charge < -0.3 is 5.32 Å². The highest BCUT2D eigenvalue weighted by Gasteiger charge is 2.28. The molecule has 1 aliphatic rings. The zero-order chi connectivity index (χ0) is 10.8. The SMILES string of the molecule is CC(C)C(=O)NC1CCCC(C)(C)C1. The topological polar surface area (TPSA) is 29.1 Å². The Balaban J connectivity index is 2.42. The maximum absolute atomic E-state index is 11.5. The fraction of sp³-hybridized carbons (Fsp3) is 0.917. The first-order chi connectivity index (χ1) is 6.41. The minimum absolute atomic E-state index is 0.111. The van der Waals surface area contributed by atoms with Crippen LogP contribution >= 0.6 is 0 Å². The van der Waals surface area contributed by atoms with E-state index in [0.717, 1.165) is 12.8 Å². The summed E-state index contributed by atoms with van der Waals surface area (Å²) in [6.07, 6.45) is 4.82. The van der Waals surface area contributed by atoms with Gasteiger partial charge in [0.25, 0.3) is 0 Å². The molecule has 1 atom stereocenters. The molecule has 1 unspecified atom stereocenters. The molecule has 0 saturated heterocycles.